The lowest BCUT2D eigenvalue weighted by atomic mass is 10.2. The average Bonchev–Trinajstić information content (AvgIpc) is 2.93. The van der Waals surface area contributed by atoms with Gasteiger partial charge in [0.15, 0.2) is 0 Å². The van der Waals surface area contributed by atoms with Crippen molar-refractivity contribution in [2.24, 2.45) is 0 Å². The highest BCUT2D eigenvalue weighted by atomic mass is 35.5. The van der Waals surface area contributed by atoms with Crippen LogP contribution in [0.1, 0.15) is 31.3 Å². The molecule has 0 radical (unpaired) electrons. The van der Waals surface area contributed by atoms with Crippen LogP contribution in [0.5, 0.6) is 0 Å². The van der Waals surface area contributed by atoms with E-state index in [1.807, 2.05) is 18.4 Å². The predicted octanol–water partition coefficient (Wildman–Crippen LogP) is 1.85. The first-order valence-electron chi connectivity index (χ1n) is 5.58. The second kappa shape index (κ2) is 4.89. The van der Waals surface area contributed by atoms with Crippen LogP contribution < -0.4 is 0 Å². The molecule has 0 spiro atoms. The van der Waals surface area contributed by atoms with Gasteiger partial charge in [-0.15, -0.1) is 0 Å². The quantitative estimate of drug-likeness (QED) is 0.906. The first kappa shape index (κ1) is 12.1. The Morgan fingerprint density at radius 3 is 2.76 bits per heavy atom. The third-order valence-electron chi connectivity index (χ3n) is 2.76. The molecular formula is C11H15ClN4O. The minimum atomic E-state index is -0.799. The molecule has 5 nitrogen and oxygen atoms in total. The highest BCUT2D eigenvalue weighted by Crippen LogP contribution is 2.27. The minimum absolute atomic E-state index is 0.475. The van der Waals surface area contributed by atoms with Gasteiger partial charge in [0, 0.05) is 13.1 Å². The Hall–Kier alpha value is -1.33. The van der Waals surface area contributed by atoms with Crippen LogP contribution in [0.3, 0.4) is 0 Å². The summed E-state index contributed by atoms with van der Waals surface area (Å²) in [5.41, 5.74) is 1.34. The summed E-state index contributed by atoms with van der Waals surface area (Å²) >= 11 is 6.06. The Morgan fingerprint density at radius 1 is 1.35 bits per heavy atom. The summed E-state index contributed by atoms with van der Waals surface area (Å²) in [6.45, 7) is 5.37. The first-order chi connectivity index (χ1) is 8.19. The molecule has 92 valence electrons. The largest absolute Gasteiger partial charge is 0.380 e. The van der Waals surface area contributed by atoms with Gasteiger partial charge in [0.1, 0.15) is 6.10 Å². The summed E-state index contributed by atoms with van der Waals surface area (Å²) in [7, 11) is 0. The lowest BCUT2D eigenvalue weighted by Crippen LogP contribution is -2.13. The number of aliphatic hydroxyl groups is 1. The van der Waals surface area contributed by atoms with Crippen LogP contribution in [0.25, 0.3) is 0 Å². The van der Waals surface area contributed by atoms with E-state index in [0.717, 1.165) is 12.2 Å². The number of rotatable bonds is 4. The van der Waals surface area contributed by atoms with E-state index in [2.05, 4.69) is 10.1 Å². The van der Waals surface area contributed by atoms with Crippen molar-refractivity contribution in [2.75, 3.05) is 0 Å². The highest BCUT2D eigenvalue weighted by molar-refractivity contribution is 6.31. The molecule has 0 saturated heterocycles. The van der Waals surface area contributed by atoms with Gasteiger partial charge < -0.3 is 9.67 Å². The van der Waals surface area contributed by atoms with Gasteiger partial charge in [-0.2, -0.15) is 5.10 Å². The van der Waals surface area contributed by atoms with E-state index >= 15 is 0 Å². The van der Waals surface area contributed by atoms with Gasteiger partial charge in [0.2, 0.25) is 0 Å². The molecule has 2 aromatic rings. The summed E-state index contributed by atoms with van der Waals surface area (Å²) in [5, 5.41) is 15.0. The number of hydrogen-bond acceptors (Lipinski definition) is 3. The number of aliphatic hydroxyl groups excluding tert-OH is 1. The van der Waals surface area contributed by atoms with Gasteiger partial charge in [0.25, 0.3) is 0 Å². The van der Waals surface area contributed by atoms with E-state index in [-0.39, 0.29) is 0 Å². The van der Waals surface area contributed by atoms with Gasteiger partial charge in [0.05, 0.1) is 35.1 Å². The molecule has 0 saturated carbocycles. The second-order valence-corrected chi connectivity index (χ2v) is 4.11. The van der Waals surface area contributed by atoms with E-state index in [1.165, 1.54) is 0 Å². The van der Waals surface area contributed by atoms with E-state index in [9.17, 15) is 5.11 Å². The average molecular weight is 255 g/mol. The van der Waals surface area contributed by atoms with Gasteiger partial charge in [-0.05, 0) is 13.8 Å². The topological polar surface area (TPSA) is 55.9 Å². The molecule has 1 N–H and O–H groups in total. The molecule has 0 aliphatic rings. The SMILES string of the molecule is CCn1cncc1C(O)c1c(Cl)cnn1CC. The van der Waals surface area contributed by atoms with Crippen LogP contribution in [0, 0.1) is 0 Å². The molecule has 1 unspecified atom stereocenters. The fraction of sp³-hybridized carbons (Fsp3) is 0.455. The maximum atomic E-state index is 10.4. The third kappa shape index (κ3) is 2.08. The molecule has 1 atom stereocenters. The first-order valence-corrected chi connectivity index (χ1v) is 5.96. The van der Waals surface area contributed by atoms with E-state index in [1.54, 1.807) is 23.4 Å². The Morgan fingerprint density at radius 2 is 2.12 bits per heavy atom. The Kier molecular flexibility index (Phi) is 3.49. The summed E-state index contributed by atoms with van der Waals surface area (Å²) < 4.78 is 3.58. The fourth-order valence-corrected chi connectivity index (χ4v) is 2.10. The van der Waals surface area contributed by atoms with Gasteiger partial charge in [-0.25, -0.2) is 4.98 Å². The Bertz CT molecular complexity index is 505. The minimum Gasteiger partial charge on any atom is -0.380 e. The second-order valence-electron chi connectivity index (χ2n) is 3.70. The normalized spacial score (nSPS) is 12.9. The van der Waals surface area contributed by atoms with Crippen molar-refractivity contribution >= 4 is 11.6 Å². The van der Waals surface area contributed by atoms with Gasteiger partial charge >= 0.3 is 0 Å². The summed E-state index contributed by atoms with van der Waals surface area (Å²) in [6.07, 6.45) is 4.10. The van der Waals surface area contributed by atoms with Crippen LogP contribution in [0.2, 0.25) is 5.02 Å². The van der Waals surface area contributed by atoms with Crippen molar-refractivity contribution in [3.05, 3.63) is 35.1 Å². The highest BCUT2D eigenvalue weighted by Gasteiger charge is 2.21. The Balaban J connectivity index is 2.43. The Labute approximate surface area is 105 Å². The molecule has 2 rings (SSSR count). The molecule has 0 aliphatic carbocycles. The fourth-order valence-electron chi connectivity index (χ4n) is 1.86. The molecule has 2 heterocycles. The molecule has 0 amide bonds. The van der Waals surface area contributed by atoms with E-state index in [0.29, 0.717) is 17.3 Å². The molecule has 0 aliphatic heterocycles. The van der Waals surface area contributed by atoms with Gasteiger partial charge in [-0.1, -0.05) is 11.6 Å². The van der Waals surface area contributed by atoms with Crippen molar-refractivity contribution in [2.45, 2.75) is 33.0 Å². The van der Waals surface area contributed by atoms with E-state index in [4.69, 9.17) is 11.6 Å². The van der Waals surface area contributed by atoms with Crippen molar-refractivity contribution in [1.82, 2.24) is 19.3 Å². The van der Waals surface area contributed by atoms with Crippen LogP contribution in [-0.4, -0.2) is 24.4 Å². The molecule has 17 heavy (non-hydrogen) atoms. The summed E-state index contributed by atoms with van der Waals surface area (Å²) in [4.78, 5) is 4.04. The van der Waals surface area contributed by atoms with Gasteiger partial charge in [-0.3, -0.25) is 4.68 Å². The van der Waals surface area contributed by atoms with Crippen molar-refractivity contribution in [3.63, 3.8) is 0 Å². The molecule has 6 heteroatoms. The van der Waals surface area contributed by atoms with Crippen LogP contribution >= 0.6 is 11.6 Å². The zero-order valence-electron chi connectivity index (χ0n) is 9.84. The third-order valence-corrected chi connectivity index (χ3v) is 3.05. The summed E-state index contributed by atoms with van der Waals surface area (Å²) in [5.74, 6) is 0. The summed E-state index contributed by atoms with van der Waals surface area (Å²) in [6, 6.07) is 0. The molecule has 2 aromatic heterocycles. The smallest absolute Gasteiger partial charge is 0.139 e. The number of nitrogens with zero attached hydrogens (tertiary/aromatic N) is 4. The molecule has 0 fully saturated rings. The molecule has 0 bridgehead atoms. The maximum absolute atomic E-state index is 10.4. The molecular weight excluding hydrogens is 240 g/mol. The zero-order valence-corrected chi connectivity index (χ0v) is 10.6. The number of aryl methyl sites for hydroxylation is 2. The number of hydrogen-bond donors (Lipinski definition) is 1. The monoisotopic (exact) mass is 254 g/mol. The van der Waals surface area contributed by atoms with Crippen molar-refractivity contribution in [3.8, 4) is 0 Å². The van der Waals surface area contributed by atoms with Crippen LogP contribution in [-0.2, 0) is 13.1 Å². The number of imidazole rings is 1. The standard InChI is InChI=1S/C11H15ClN4O/c1-3-15-7-13-6-9(15)11(17)10-8(12)5-14-16(10)4-2/h5-7,11,17H,3-4H2,1-2H3. The lowest BCUT2D eigenvalue weighted by Gasteiger charge is -2.14. The predicted molar refractivity (Wildman–Crippen MR) is 64.9 cm³/mol. The molecule has 0 aromatic carbocycles. The van der Waals surface area contributed by atoms with Crippen LogP contribution in [0.4, 0.5) is 0 Å². The zero-order chi connectivity index (χ0) is 12.4. The van der Waals surface area contributed by atoms with Crippen molar-refractivity contribution in [1.29, 1.82) is 0 Å². The lowest BCUT2D eigenvalue weighted by molar-refractivity contribution is 0.198. The maximum Gasteiger partial charge on any atom is 0.139 e. The van der Waals surface area contributed by atoms with E-state index < -0.39 is 6.10 Å². The van der Waals surface area contributed by atoms with Crippen LogP contribution in [0.15, 0.2) is 18.7 Å². The van der Waals surface area contributed by atoms with Crippen molar-refractivity contribution < 1.29 is 5.11 Å². The number of halogens is 1. The number of aromatic nitrogens is 4.